The molecule has 0 aromatic carbocycles. The topological polar surface area (TPSA) is 307 Å². The SMILES string of the molecule is CCCCCCCCCCCCCC/C=C/C(O)C(COC1OC(CO)C(OC2OC(CO)C(OC3OC(CO)C(O)C(O)C3O)C(O)C2O)C(O)C1O)NC(=O)CCCCCCCCCCCCCCCCCCCCCCC. The van der Waals surface area contributed by atoms with Gasteiger partial charge in [0.25, 0.3) is 0 Å². The predicted molar refractivity (Wildman–Crippen MR) is 305 cm³/mol. The highest BCUT2D eigenvalue weighted by Crippen LogP contribution is 2.33. The van der Waals surface area contributed by atoms with Crippen molar-refractivity contribution in [3.63, 3.8) is 0 Å². The number of rotatable bonds is 48. The summed E-state index contributed by atoms with van der Waals surface area (Å²) >= 11 is 0. The van der Waals surface area contributed by atoms with Gasteiger partial charge in [-0.25, -0.2) is 0 Å². The van der Waals surface area contributed by atoms with Crippen molar-refractivity contribution < 1.29 is 89.4 Å². The number of allylic oxidation sites excluding steroid dienone is 1. The van der Waals surface area contributed by atoms with Crippen LogP contribution in [0.5, 0.6) is 0 Å². The summed E-state index contributed by atoms with van der Waals surface area (Å²) in [5, 5.41) is 120. The molecule has 0 aliphatic carbocycles. The Kier molecular flexibility index (Phi) is 40.9. The maximum atomic E-state index is 13.3. The Morgan fingerprint density at radius 2 is 0.775 bits per heavy atom. The zero-order valence-electron chi connectivity index (χ0n) is 49.3. The summed E-state index contributed by atoms with van der Waals surface area (Å²) in [6.07, 6.45) is 19.0. The highest BCUT2D eigenvalue weighted by molar-refractivity contribution is 5.76. The van der Waals surface area contributed by atoms with Crippen LogP contribution in [0.15, 0.2) is 12.2 Å². The molecule has 12 N–H and O–H groups in total. The first kappa shape index (κ1) is 72.8. The van der Waals surface area contributed by atoms with Gasteiger partial charge in [0.15, 0.2) is 18.9 Å². The second-order valence-electron chi connectivity index (χ2n) is 23.2. The molecule has 3 fully saturated rings. The van der Waals surface area contributed by atoms with Gasteiger partial charge in [-0.2, -0.15) is 0 Å². The number of carbonyl (C=O) groups excluding carboxylic acids is 1. The zero-order chi connectivity index (χ0) is 58.3. The third-order valence-corrected chi connectivity index (χ3v) is 16.3. The molecule has 3 heterocycles. The third-order valence-electron chi connectivity index (χ3n) is 16.3. The molecule has 0 bridgehead atoms. The van der Waals surface area contributed by atoms with Crippen LogP contribution in [0.4, 0.5) is 0 Å². The van der Waals surface area contributed by atoms with E-state index in [1.54, 1.807) is 6.08 Å². The number of aliphatic hydroxyl groups is 11. The van der Waals surface area contributed by atoms with Crippen LogP contribution >= 0.6 is 0 Å². The van der Waals surface area contributed by atoms with Gasteiger partial charge in [0.2, 0.25) is 5.91 Å². The van der Waals surface area contributed by atoms with Gasteiger partial charge in [0.05, 0.1) is 38.6 Å². The Balaban J connectivity index is 1.47. The predicted octanol–water partition coefficient (Wildman–Crippen LogP) is 6.55. The molecule has 0 saturated carbocycles. The molecule has 3 aliphatic heterocycles. The first-order chi connectivity index (χ1) is 38.8. The number of aliphatic hydroxyl groups excluding tert-OH is 11. The summed E-state index contributed by atoms with van der Waals surface area (Å²) in [5.74, 6) is -0.271. The van der Waals surface area contributed by atoms with E-state index in [9.17, 15) is 61.0 Å². The minimum Gasteiger partial charge on any atom is -0.394 e. The summed E-state index contributed by atoms with van der Waals surface area (Å²) in [6.45, 7) is 1.74. The number of unbranched alkanes of at least 4 members (excludes halogenated alkanes) is 32. The number of carbonyl (C=O) groups is 1. The molecule has 17 unspecified atom stereocenters. The maximum Gasteiger partial charge on any atom is 0.220 e. The van der Waals surface area contributed by atoms with Crippen molar-refractivity contribution in [2.45, 2.75) is 343 Å². The zero-order valence-corrected chi connectivity index (χ0v) is 49.3. The molecule has 0 spiro atoms. The summed E-state index contributed by atoms with van der Waals surface area (Å²) in [7, 11) is 0. The lowest BCUT2D eigenvalue weighted by atomic mass is 9.96. The van der Waals surface area contributed by atoms with Crippen LogP contribution in [0.2, 0.25) is 0 Å². The normalized spacial score (nSPS) is 30.0. The first-order valence-corrected chi connectivity index (χ1v) is 31.9. The van der Waals surface area contributed by atoms with Crippen molar-refractivity contribution in [2.75, 3.05) is 26.4 Å². The Morgan fingerprint density at radius 1 is 0.438 bits per heavy atom. The van der Waals surface area contributed by atoms with E-state index in [1.165, 1.54) is 167 Å². The van der Waals surface area contributed by atoms with Crippen molar-refractivity contribution in [3.8, 4) is 0 Å². The molecule has 19 nitrogen and oxygen atoms in total. The number of ether oxygens (including phenoxy) is 6. The summed E-state index contributed by atoms with van der Waals surface area (Å²) in [5.41, 5.74) is 0. The van der Waals surface area contributed by atoms with Crippen molar-refractivity contribution in [1.82, 2.24) is 5.32 Å². The average molecular weight is 1150 g/mol. The Morgan fingerprint density at radius 3 is 1.18 bits per heavy atom. The first-order valence-electron chi connectivity index (χ1n) is 31.9. The van der Waals surface area contributed by atoms with E-state index in [4.69, 9.17) is 28.4 Å². The minimum atomic E-state index is -1.97. The highest BCUT2D eigenvalue weighted by Gasteiger charge is 2.53. The van der Waals surface area contributed by atoms with Crippen molar-refractivity contribution in [3.05, 3.63) is 12.2 Å². The highest BCUT2D eigenvalue weighted by atomic mass is 16.8. The Hall–Kier alpha value is -1.47. The van der Waals surface area contributed by atoms with Crippen LogP contribution in [0, 0.1) is 0 Å². The molecule has 3 saturated heterocycles. The van der Waals surface area contributed by atoms with Crippen molar-refractivity contribution in [1.29, 1.82) is 0 Å². The second-order valence-corrected chi connectivity index (χ2v) is 23.2. The molecule has 80 heavy (non-hydrogen) atoms. The molecule has 1 amide bonds. The van der Waals surface area contributed by atoms with Crippen LogP contribution in [0.1, 0.15) is 239 Å². The fourth-order valence-corrected chi connectivity index (χ4v) is 11.1. The van der Waals surface area contributed by atoms with Gasteiger partial charge in [-0.3, -0.25) is 4.79 Å². The molecule has 0 aromatic heterocycles. The second kappa shape index (κ2) is 44.9. The van der Waals surface area contributed by atoms with Gasteiger partial charge in [0.1, 0.15) is 73.2 Å². The van der Waals surface area contributed by atoms with Crippen LogP contribution in [0.3, 0.4) is 0 Å². The lowest BCUT2D eigenvalue weighted by molar-refractivity contribution is -0.379. The van der Waals surface area contributed by atoms with Gasteiger partial charge < -0.3 is 89.9 Å². The lowest BCUT2D eigenvalue weighted by Crippen LogP contribution is -2.66. The van der Waals surface area contributed by atoms with Crippen molar-refractivity contribution >= 4 is 5.91 Å². The molecule has 0 aromatic rings. The molecular weight excluding hydrogens is 1030 g/mol. The molecular formula is C61H115NO18. The molecule has 0 radical (unpaired) electrons. The van der Waals surface area contributed by atoms with E-state index in [0.717, 1.165) is 44.9 Å². The number of hydrogen-bond donors (Lipinski definition) is 12. The van der Waals surface area contributed by atoms with Gasteiger partial charge in [-0.05, 0) is 19.3 Å². The van der Waals surface area contributed by atoms with Crippen LogP contribution < -0.4 is 5.32 Å². The molecule has 17 atom stereocenters. The summed E-state index contributed by atoms with van der Waals surface area (Å²) < 4.78 is 34.3. The third kappa shape index (κ3) is 28.2. The van der Waals surface area contributed by atoms with E-state index < -0.39 is 124 Å². The quantitative estimate of drug-likeness (QED) is 0.0227. The fraction of sp³-hybridized carbons (Fsp3) is 0.951. The molecule has 3 rings (SSSR count). The number of nitrogens with one attached hydrogen (secondary N) is 1. The fourth-order valence-electron chi connectivity index (χ4n) is 11.1. The van der Waals surface area contributed by atoms with Crippen LogP contribution in [-0.2, 0) is 33.2 Å². The average Bonchev–Trinajstić information content (AvgIpc) is 3.50. The molecule has 3 aliphatic rings. The molecule has 19 heteroatoms. The summed E-state index contributed by atoms with van der Waals surface area (Å²) in [4.78, 5) is 13.3. The number of hydrogen-bond acceptors (Lipinski definition) is 18. The minimum absolute atomic E-state index is 0.249. The van der Waals surface area contributed by atoms with E-state index in [1.807, 2.05) is 6.08 Å². The largest absolute Gasteiger partial charge is 0.394 e. The number of amides is 1. The van der Waals surface area contributed by atoms with Gasteiger partial charge in [0, 0.05) is 6.42 Å². The summed E-state index contributed by atoms with van der Waals surface area (Å²) in [6, 6.07) is -0.967. The van der Waals surface area contributed by atoms with Crippen LogP contribution in [-0.4, -0.2) is 193 Å². The van der Waals surface area contributed by atoms with E-state index in [-0.39, 0.29) is 18.9 Å². The van der Waals surface area contributed by atoms with Crippen LogP contribution in [0.25, 0.3) is 0 Å². The van der Waals surface area contributed by atoms with Gasteiger partial charge >= 0.3 is 0 Å². The van der Waals surface area contributed by atoms with E-state index >= 15 is 0 Å². The van der Waals surface area contributed by atoms with Gasteiger partial charge in [-0.1, -0.05) is 225 Å². The maximum absolute atomic E-state index is 13.3. The van der Waals surface area contributed by atoms with E-state index in [2.05, 4.69) is 19.2 Å². The molecule has 472 valence electrons. The smallest absolute Gasteiger partial charge is 0.220 e. The lowest BCUT2D eigenvalue weighted by Gasteiger charge is -2.48. The Labute approximate surface area is 480 Å². The monoisotopic (exact) mass is 1150 g/mol. The standard InChI is InChI=1S/C61H115NO18/c1-3-5-7-9-11-13-15-17-19-20-21-22-23-24-25-27-29-31-33-35-37-39-49(67)62-44(45(66)38-36-34-32-30-28-26-18-16-14-12-10-8-6-4-2)43-75-59-55(73)52(70)57(47(41-64)77-59)80-61-56(74)53(71)58(48(42-65)78-61)79-60-54(72)51(69)50(68)46(40-63)76-60/h36,38,44-48,50-61,63-66,68-74H,3-35,37,39-43H2,1-2H3,(H,62,67)/b38-36+. The van der Waals surface area contributed by atoms with Gasteiger partial charge in [-0.15, -0.1) is 0 Å². The Bertz CT molecular complexity index is 1510. The van der Waals surface area contributed by atoms with Crippen molar-refractivity contribution in [2.24, 2.45) is 0 Å². The van der Waals surface area contributed by atoms with E-state index in [0.29, 0.717) is 6.42 Å².